The van der Waals surface area contributed by atoms with Crippen LogP contribution in [0.25, 0.3) is 0 Å². The van der Waals surface area contributed by atoms with E-state index in [1.165, 1.54) is 5.69 Å². The molecule has 1 aromatic rings. The van der Waals surface area contributed by atoms with Gasteiger partial charge < -0.3 is 3.96 Å². The van der Waals surface area contributed by atoms with Crippen LogP contribution in [-0.2, 0) is 12.6 Å². The van der Waals surface area contributed by atoms with Crippen LogP contribution in [0.4, 0.5) is 0 Å². The van der Waals surface area contributed by atoms with Gasteiger partial charge in [0.1, 0.15) is 5.54 Å². The van der Waals surface area contributed by atoms with Gasteiger partial charge in [0, 0.05) is 24.1 Å². The summed E-state index contributed by atoms with van der Waals surface area (Å²) < 4.78 is 2.16. The van der Waals surface area contributed by atoms with E-state index in [1.807, 2.05) is 6.21 Å². The van der Waals surface area contributed by atoms with Gasteiger partial charge in [0.15, 0.2) is 0 Å². The van der Waals surface area contributed by atoms with Crippen molar-refractivity contribution < 1.29 is 0 Å². The van der Waals surface area contributed by atoms with Crippen molar-refractivity contribution in [2.24, 2.45) is 22.4 Å². The molecule has 1 aliphatic heterocycles. The number of aryl methyl sites for hydroxylation is 1. The molecule has 0 saturated carbocycles. The van der Waals surface area contributed by atoms with Gasteiger partial charge in [0.05, 0.1) is 18.0 Å². The zero-order chi connectivity index (χ0) is 12.0. The first kappa shape index (κ1) is 11.6. The first-order valence-corrected chi connectivity index (χ1v) is 6.38. The maximum atomic E-state index is 4.70. The van der Waals surface area contributed by atoms with E-state index < -0.39 is 0 Å². The van der Waals surface area contributed by atoms with Crippen LogP contribution in [0.5, 0.6) is 0 Å². The maximum absolute atomic E-state index is 4.70. The summed E-state index contributed by atoms with van der Waals surface area (Å²) in [6.07, 6.45) is 1.95. The second kappa shape index (κ2) is 3.55. The van der Waals surface area contributed by atoms with Crippen molar-refractivity contribution in [1.29, 1.82) is 0 Å². The average molecular weight is 237 g/mol. The van der Waals surface area contributed by atoms with Crippen molar-refractivity contribution in [3.8, 4) is 0 Å². The van der Waals surface area contributed by atoms with E-state index in [0.717, 1.165) is 12.3 Å². The van der Waals surface area contributed by atoms with Crippen LogP contribution < -0.4 is 0 Å². The summed E-state index contributed by atoms with van der Waals surface area (Å²) in [4.78, 5) is 9.38. The highest BCUT2D eigenvalue weighted by Crippen LogP contribution is 2.32. The zero-order valence-corrected chi connectivity index (χ0v) is 11.4. The van der Waals surface area contributed by atoms with Gasteiger partial charge in [0.2, 0.25) is 0 Å². The van der Waals surface area contributed by atoms with Crippen LogP contribution in [0, 0.1) is 5.41 Å². The van der Waals surface area contributed by atoms with Crippen LogP contribution in [0.1, 0.15) is 33.4 Å². The van der Waals surface area contributed by atoms with E-state index in [2.05, 4.69) is 49.1 Å². The average Bonchev–Trinajstić information content (AvgIpc) is 2.14. The molecule has 2 heterocycles. The van der Waals surface area contributed by atoms with Crippen LogP contribution in [-0.4, -0.2) is 22.4 Å². The molecule has 2 rings (SSSR count). The fourth-order valence-electron chi connectivity index (χ4n) is 1.78. The lowest BCUT2D eigenvalue weighted by atomic mass is 9.88. The minimum absolute atomic E-state index is 0.0967. The van der Waals surface area contributed by atoms with Gasteiger partial charge in [-0.3, -0.25) is 9.98 Å². The SMILES string of the molecule is Cn1scc1C1(C)CN=C(C(C)(C)C)C=N1. The largest absolute Gasteiger partial charge is 0.302 e. The Morgan fingerprint density at radius 3 is 2.44 bits per heavy atom. The molecule has 1 aromatic heterocycles. The maximum Gasteiger partial charge on any atom is 0.119 e. The predicted octanol–water partition coefficient (Wildman–Crippen LogP) is 2.87. The highest BCUT2D eigenvalue weighted by molar-refractivity contribution is 7.05. The number of rotatable bonds is 1. The molecule has 0 fully saturated rings. The molecular weight excluding hydrogens is 218 g/mol. The Bertz CT molecular complexity index is 445. The summed E-state index contributed by atoms with van der Waals surface area (Å²) in [7, 11) is 2.07. The van der Waals surface area contributed by atoms with Crippen molar-refractivity contribution in [3.63, 3.8) is 0 Å². The number of aliphatic imine (C=N–C) groups is 2. The fraction of sp³-hybridized carbons (Fsp3) is 0.667. The molecule has 88 valence electrons. The molecule has 0 bridgehead atoms. The Hall–Kier alpha value is -0.900. The van der Waals surface area contributed by atoms with Gasteiger partial charge in [-0.05, 0) is 6.92 Å². The molecular formula is C12H19N3S. The molecule has 0 aromatic carbocycles. The van der Waals surface area contributed by atoms with Gasteiger partial charge in [-0.25, -0.2) is 0 Å². The molecule has 1 unspecified atom stereocenters. The third kappa shape index (κ3) is 1.86. The molecule has 16 heavy (non-hydrogen) atoms. The van der Waals surface area contributed by atoms with E-state index in [9.17, 15) is 0 Å². The van der Waals surface area contributed by atoms with E-state index in [4.69, 9.17) is 4.99 Å². The monoisotopic (exact) mass is 237 g/mol. The van der Waals surface area contributed by atoms with Gasteiger partial charge in [-0.15, -0.1) is 0 Å². The predicted molar refractivity (Wildman–Crippen MR) is 70.9 cm³/mol. The third-order valence-corrected chi connectivity index (χ3v) is 3.85. The number of aromatic nitrogens is 1. The quantitative estimate of drug-likeness (QED) is 0.719. The summed E-state index contributed by atoms with van der Waals surface area (Å²) in [5.41, 5.74) is 2.31. The molecule has 0 N–H and O–H groups in total. The molecule has 3 nitrogen and oxygen atoms in total. The first-order chi connectivity index (χ1) is 7.33. The van der Waals surface area contributed by atoms with E-state index in [-0.39, 0.29) is 11.0 Å². The molecule has 0 saturated heterocycles. The normalized spacial score (nSPS) is 25.9. The van der Waals surface area contributed by atoms with E-state index in [0.29, 0.717) is 0 Å². The molecule has 0 spiro atoms. The molecule has 0 aliphatic carbocycles. The van der Waals surface area contributed by atoms with Crippen molar-refractivity contribution in [2.45, 2.75) is 33.2 Å². The summed E-state index contributed by atoms with van der Waals surface area (Å²) in [5.74, 6) is 0. The molecule has 1 aliphatic rings. The van der Waals surface area contributed by atoms with Crippen molar-refractivity contribution in [3.05, 3.63) is 11.1 Å². The van der Waals surface area contributed by atoms with Crippen LogP contribution in [0.2, 0.25) is 0 Å². The Balaban J connectivity index is 2.22. The van der Waals surface area contributed by atoms with Crippen LogP contribution in [0.15, 0.2) is 15.4 Å². The van der Waals surface area contributed by atoms with Gasteiger partial charge in [0.25, 0.3) is 0 Å². The molecule has 4 heteroatoms. The van der Waals surface area contributed by atoms with Gasteiger partial charge in [-0.2, -0.15) is 0 Å². The summed E-state index contributed by atoms with van der Waals surface area (Å²) in [5, 5.41) is 2.16. The number of nitrogens with zero attached hydrogens (tertiary/aromatic N) is 3. The topological polar surface area (TPSA) is 29.6 Å². The minimum atomic E-state index is -0.158. The lowest BCUT2D eigenvalue weighted by Gasteiger charge is -2.32. The van der Waals surface area contributed by atoms with E-state index >= 15 is 0 Å². The molecule has 0 amide bonds. The summed E-state index contributed by atoms with van der Waals surface area (Å²) >= 11 is 1.72. The van der Waals surface area contributed by atoms with Crippen molar-refractivity contribution in [1.82, 2.24) is 3.96 Å². The minimum Gasteiger partial charge on any atom is -0.302 e. The fourth-order valence-corrected chi connectivity index (χ4v) is 2.65. The Morgan fingerprint density at radius 1 is 1.44 bits per heavy atom. The highest BCUT2D eigenvalue weighted by atomic mass is 32.1. The van der Waals surface area contributed by atoms with E-state index in [1.54, 1.807) is 11.5 Å². The molecule has 1 atom stereocenters. The van der Waals surface area contributed by atoms with Crippen molar-refractivity contribution in [2.75, 3.05) is 6.54 Å². The summed E-state index contributed by atoms with van der Waals surface area (Å²) in [6, 6.07) is 0. The first-order valence-electron chi connectivity index (χ1n) is 5.54. The molecule has 0 radical (unpaired) electrons. The lowest BCUT2D eigenvalue weighted by molar-refractivity contribution is 0.471. The Kier molecular flexibility index (Phi) is 2.57. The van der Waals surface area contributed by atoms with Crippen LogP contribution >= 0.6 is 11.5 Å². The second-order valence-corrected chi connectivity index (χ2v) is 6.58. The lowest BCUT2D eigenvalue weighted by Crippen LogP contribution is -2.35. The smallest absolute Gasteiger partial charge is 0.119 e. The zero-order valence-electron chi connectivity index (χ0n) is 10.6. The van der Waals surface area contributed by atoms with Crippen LogP contribution in [0.3, 0.4) is 0 Å². The Labute approximate surface area is 101 Å². The number of hydrogen-bond donors (Lipinski definition) is 0. The van der Waals surface area contributed by atoms with Gasteiger partial charge >= 0.3 is 0 Å². The van der Waals surface area contributed by atoms with Gasteiger partial charge in [-0.1, -0.05) is 32.3 Å². The highest BCUT2D eigenvalue weighted by Gasteiger charge is 2.33. The van der Waals surface area contributed by atoms with Crippen molar-refractivity contribution >= 4 is 23.5 Å². The Morgan fingerprint density at radius 2 is 2.12 bits per heavy atom. The summed E-state index contributed by atoms with van der Waals surface area (Å²) in [6.45, 7) is 9.42. The number of hydrogen-bond acceptors (Lipinski definition) is 3. The second-order valence-electron chi connectivity index (χ2n) is 5.59. The third-order valence-electron chi connectivity index (χ3n) is 3.01. The standard InChI is InChI=1S/C12H19N3S/c1-11(2,3)9-6-14-12(4,8-13-9)10-7-16-15(10)5/h6-7H,8H2,1-5H3.